The number of benzene rings is 3. The molecule has 0 aliphatic carbocycles. The summed E-state index contributed by atoms with van der Waals surface area (Å²) in [4.78, 5) is 24.8. The normalized spacial score (nSPS) is 10.4. The van der Waals surface area contributed by atoms with Crippen LogP contribution in [-0.4, -0.2) is 25.9 Å². The number of rotatable bonds is 9. The highest BCUT2D eigenvalue weighted by Gasteiger charge is 2.18. The average molecular weight is 482 g/mol. The molecule has 31 heavy (non-hydrogen) atoms. The lowest BCUT2D eigenvalue weighted by Gasteiger charge is -2.16. The number of nitrogens with one attached hydrogen (secondary N) is 1. The van der Waals surface area contributed by atoms with Crippen molar-refractivity contribution in [3.63, 3.8) is 0 Å². The maximum absolute atomic E-state index is 13.1. The van der Waals surface area contributed by atoms with Crippen molar-refractivity contribution >= 4 is 33.8 Å². The second-order valence-electron chi connectivity index (χ2n) is 6.92. The van der Waals surface area contributed by atoms with Gasteiger partial charge in [0.05, 0.1) is 25.0 Å². The number of methoxy groups -OCH3 is 1. The number of carbonyl (C=O) groups excluding carboxylic acids is 2. The van der Waals surface area contributed by atoms with Gasteiger partial charge in [-0.15, -0.1) is 0 Å². The Morgan fingerprint density at radius 2 is 1.84 bits per heavy atom. The first-order valence-electron chi connectivity index (χ1n) is 10.0. The molecule has 0 unspecified atom stereocenters. The molecule has 1 amide bonds. The van der Waals surface area contributed by atoms with Gasteiger partial charge in [0.15, 0.2) is 6.29 Å². The van der Waals surface area contributed by atoms with Crippen LogP contribution in [0.1, 0.15) is 40.5 Å². The summed E-state index contributed by atoms with van der Waals surface area (Å²) >= 11 is 3.41. The number of aldehydes is 1. The Hall–Kier alpha value is -3.12. The Balaban J connectivity index is 1.98. The van der Waals surface area contributed by atoms with E-state index in [1.807, 2.05) is 36.4 Å². The van der Waals surface area contributed by atoms with Crippen molar-refractivity contribution in [3.05, 3.63) is 76.3 Å². The van der Waals surface area contributed by atoms with E-state index in [0.717, 1.165) is 28.4 Å². The van der Waals surface area contributed by atoms with Crippen molar-refractivity contribution in [2.45, 2.75) is 19.8 Å². The van der Waals surface area contributed by atoms with Crippen LogP contribution in [0.3, 0.4) is 0 Å². The maximum Gasteiger partial charge on any atom is 0.259 e. The number of unbranched alkanes of at least 4 members (excludes halogenated alkanes) is 1. The molecule has 1 N–H and O–H groups in total. The van der Waals surface area contributed by atoms with E-state index < -0.39 is 0 Å². The van der Waals surface area contributed by atoms with Crippen molar-refractivity contribution in [2.75, 3.05) is 19.0 Å². The van der Waals surface area contributed by atoms with Gasteiger partial charge in [0.25, 0.3) is 5.91 Å². The first-order valence-corrected chi connectivity index (χ1v) is 10.8. The molecule has 3 aromatic carbocycles. The molecule has 0 aromatic heterocycles. The second-order valence-corrected chi connectivity index (χ2v) is 7.84. The molecule has 160 valence electrons. The largest absolute Gasteiger partial charge is 0.496 e. The zero-order valence-electron chi connectivity index (χ0n) is 17.5. The first-order chi connectivity index (χ1) is 15.1. The van der Waals surface area contributed by atoms with E-state index in [0.29, 0.717) is 41.2 Å². The van der Waals surface area contributed by atoms with Crippen LogP contribution in [0, 0.1) is 0 Å². The second kappa shape index (κ2) is 10.8. The lowest BCUT2D eigenvalue weighted by atomic mass is 10.0. The monoisotopic (exact) mass is 481 g/mol. The molecule has 3 rings (SSSR count). The van der Waals surface area contributed by atoms with Gasteiger partial charge in [0.1, 0.15) is 11.5 Å². The van der Waals surface area contributed by atoms with E-state index in [2.05, 4.69) is 28.2 Å². The average Bonchev–Trinajstić information content (AvgIpc) is 2.80. The summed E-state index contributed by atoms with van der Waals surface area (Å²) in [5.74, 6) is 0.691. The Labute approximate surface area is 190 Å². The quantitative estimate of drug-likeness (QED) is 0.284. The first kappa shape index (κ1) is 22.6. The molecule has 0 fully saturated rings. The van der Waals surface area contributed by atoms with Crippen LogP contribution in [0.25, 0.3) is 11.1 Å². The highest BCUT2D eigenvalue weighted by atomic mass is 79.9. The summed E-state index contributed by atoms with van der Waals surface area (Å²) in [5, 5.41) is 2.87. The summed E-state index contributed by atoms with van der Waals surface area (Å²) in [6.07, 6.45) is 2.59. The molecule has 6 heteroatoms. The van der Waals surface area contributed by atoms with Crippen LogP contribution in [0.4, 0.5) is 5.69 Å². The smallest absolute Gasteiger partial charge is 0.259 e. The number of hydrogen-bond donors (Lipinski definition) is 1. The zero-order valence-corrected chi connectivity index (χ0v) is 19.1. The Bertz CT molecular complexity index is 1070. The minimum absolute atomic E-state index is 0.327. The molecular formula is C25H24BrNO4. The Kier molecular flexibility index (Phi) is 7.84. The Morgan fingerprint density at radius 3 is 2.52 bits per heavy atom. The van der Waals surface area contributed by atoms with Gasteiger partial charge < -0.3 is 14.8 Å². The lowest BCUT2D eigenvalue weighted by Crippen LogP contribution is -2.15. The van der Waals surface area contributed by atoms with Crippen LogP contribution in [0.2, 0.25) is 0 Å². The fraction of sp³-hybridized carbons (Fsp3) is 0.200. The Morgan fingerprint density at radius 1 is 1.06 bits per heavy atom. The van der Waals surface area contributed by atoms with Crippen molar-refractivity contribution in [1.82, 2.24) is 0 Å². The minimum Gasteiger partial charge on any atom is -0.496 e. The third-order valence-corrected chi connectivity index (χ3v) is 5.27. The molecule has 0 saturated heterocycles. The number of anilines is 1. The van der Waals surface area contributed by atoms with E-state index in [9.17, 15) is 9.59 Å². The topological polar surface area (TPSA) is 64.6 Å². The van der Waals surface area contributed by atoms with Gasteiger partial charge in [0.2, 0.25) is 0 Å². The van der Waals surface area contributed by atoms with Crippen LogP contribution in [0.15, 0.2) is 65.1 Å². The summed E-state index contributed by atoms with van der Waals surface area (Å²) in [6, 6.07) is 18.3. The van der Waals surface area contributed by atoms with E-state index >= 15 is 0 Å². The van der Waals surface area contributed by atoms with Gasteiger partial charge in [-0.25, -0.2) is 0 Å². The summed E-state index contributed by atoms with van der Waals surface area (Å²) in [7, 11) is 1.55. The van der Waals surface area contributed by atoms with Gasteiger partial charge in [0, 0.05) is 15.6 Å². The summed E-state index contributed by atoms with van der Waals surface area (Å²) < 4.78 is 12.0. The van der Waals surface area contributed by atoms with Gasteiger partial charge in [-0.1, -0.05) is 59.6 Å². The molecule has 0 spiro atoms. The van der Waals surface area contributed by atoms with E-state index in [1.165, 1.54) is 0 Å². The molecule has 3 aromatic rings. The molecular weight excluding hydrogens is 458 g/mol. The molecule has 0 atom stereocenters. The molecule has 0 heterocycles. The van der Waals surface area contributed by atoms with Crippen LogP contribution in [0.5, 0.6) is 11.5 Å². The predicted molar refractivity (Wildman–Crippen MR) is 126 cm³/mol. The molecule has 0 aliphatic rings. The number of amides is 1. The SMILES string of the molecule is CCCCOc1ccc(Br)cc1C(=O)Nc1cc(-c2ccccc2)c(OC)cc1C=O. The highest BCUT2D eigenvalue weighted by molar-refractivity contribution is 9.10. The van der Waals surface area contributed by atoms with Gasteiger partial charge >= 0.3 is 0 Å². The standard InChI is InChI=1S/C25H24BrNO4/c1-3-4-12-31-23-11-10-19(26)14-21(23)25(29)27-22-15-20(17-8-6-5-7-9-17)24(30-2)13-18(22)16-28/h5-11,13-16H,3-4,12H2,1-2H3,(H,27,29). The van der Waals surface area contributed by atoms with E-state index in [4.69, 9.17) is 9.47 Å². The van der Waals surface area contributed by atoms with Crippen molar-refractivity contribution in [2.24, 2.45) is 0 Å². The number of halogens is 1. The fourth-order valence-corrected chi connectivity index (χ4v) is 3.50. The van der Waals surface area contributed by atoms with Crippen molar-refractivity contribution < 1.29 is 19.1 Å². The molecule has 0 saturated carbocycles. The lowest BCUT2D eigenvalue weighted by molar-refractivity contribution is 0.102. The van der Waals surface area contributed by atoms with Gasteiger partial charge in [-0.2, -0.15) is 0 Å². The molecule has 0 radical (unpaired) electrons. The van der Waals surface area contributed by atoms with Crippen LogP contribution >= 0.6 is 15.9 Å². The number of ether oxygens (including phenoxy) is 2. The fourth-order valence-electron chi connectivity index (χ4n) is 3.14. The number of carbonyl (C=O) groups is 2. The third-order valence-electron chi connectivity index (χ3n) is 4.77. The summed E-state index contributed by atoms with van der Waals surface area (Å²) in [6.45, 7) is 2.60. The van der Waals surface area contributed by atoms with Gasteiger partial charge in [-0.3, -0.25) is 9.59 Å². The van der Waals surface area contributed by atoms with Crippen molar-refractivity contribution in [1.29, 1.82) is 0 Å². The zero-order chi connectivity index (χ0) is 22.2. The highest BCUT2D eigenvalue weighted by Crippen LogP contribution is 2.35. The van der Waals surface area contributed by atoms with Crippen LogP contribution < -0.4 is 14.8 Å². The minimum atomic E-state index is -0.361. The van der Waals surface area contributed by atoms with Crippen molar-refractivity contribution in [3.8, 4) is 22.6 Å². The summed E-state index contributed by atoms with van der Waals surface area (Å²) in [5.41, 5.74) is 2.81. The molecule has 0 bridgehead atoms. The van der Waals surface area contributed by atoms with E-state index in [-0.39, 0.29) is 5.91 Å². The molecule has 0 aliphatic heterocycles. The number of hydrogen-bond acceptors (Lipinski definition) is 4. The van der Waals surface area contributed by atoms with E-state index in [1.54, 1.807) is 31.4 Å². The third kappa shape index (κ3) is 5.52. The predicted octanol–water partition coefficient (Wildman–Crippen LogP) is 6.37. The molecule has 5 nitrogen and oxygen atoms in total. The van der Waals surface area contributed by atoms with Gasteiger partial charge in [-0.05, 0) is 42.3 Å². The maximum atomic E-state index is 13.1. The van der Waals surface area contributed by atoms with Crippen LogP contribution in [-0.2, 0) is 0 Å².